The van der Waals surface area contributed by atoms with Crippen LogP contribution in [-0.4, -0.2) is 29.3 Å². The summed E-state index contributed by atoms with van der Waals surface area (Å²) in [6, 6.07) is 3.24. The number of hydrogen-bond acceptors (Lipinski definition) is 5. The van der Waals surface area contributed by atoms with Gasteiger partial charge in [-0.2, -0.15) is 5.10 Å². The lowest BCUT2D eigenvalue weighted by atomic mass is 10.3. The van der Waals surface area contributed by atoms with E-state index >= 15 is 0 Å². The quantitative estimate of drug-likeness (QED) is 0.871. The Morgan fingerprint density at radius 1 is 1.50 bits per heavy atom. The molecule has 0 bridgehead atoms. The normalized spacial score (nSPS) is 11.5. The first-order chi connectivity index (χ1) is 9.35. The lowest BCUT2D eigenvalue weighted by Gasteiger charge is -2.07. The standard InChI is InChI=1S/C11H13N3O4S2/c1-3-7-4-5-9(19-7)20(17,18)13-10-8(11(15)16)6-12-14(10)2/h4-6,13H,3H2,1-2H3,(H,15,16). The van der Waals surface area contributed by atoms with E-state index in [1.54, 1.807) is 6.07 Å². The van der Waals surface area contributed by atoms with Crippen molar-refractivity contribution in [1.82, 2.24) is 9.78 Å². The highest BCUT2D eigenvalue weighted by molar-refractivity contribution is 7.94. The number of sulfonamides is 1. The Kier molecular flexibility index (Phi) is 3.82. The van der Waals surface area contributed by atoms with E-state index in [2.05, 4.69) is 9.82 Å². The zero-order chi connectivity index (χ0) is 14.9. The van der Waals surface area contributed by atoms with E-state index in [-0.39, 0.29) is 15.6 Å². The van der Waals surface area contributed by atoms with E-state index in [0.29, 0.717) is 0 Å². The van der Waals surface area contributed by atoms with Crippen molar-refractivity contribution in [3.05, 3.63) is 28.8 Å². The van der Waals surface area contributed by atoms with E-state index < -0.39 is 16.0 Å². The largest absolute Gasteiger partial charge is 0.477 e. The number of rotatable bonds is 5. The summed E-state index contributed by atoms with van der Waals surface area (Å²) in [5.74, 6) is -1.31. The van der Waals surface area contributed by atoms with Crippen LogP contribution in [0, 0.1) is 0 Å². The highest BCUT2D eigenvalue weighted by Crippen LogP contribution is 2.25. The molecule has 9 heteroatoms. The van der Waals surface area contributed by atoms with Crippen LogP contribution in [0.15, 0.2) is 22.5 Å². The fraction of sp³-hybridized carbons (Fsp3) is 0.273. The molecular weight excluding hydrogens is 302 g/mol. The van der Waals surface area contributed by atoms with Crippen LogP contribution in [0.2, 0.25) is 0 Å². The first kappa shape index (κ1) is 14.5. The van der Waals surface area contributed by atoms with Crippen LogP contribution in [-0.2, 0) is 23.5 Å². The molecule has 2 aromatic heterocycles. The maximum atomic E-state index is 12.2. The van der Waals surface area contributed by atoms with Gasteiger partial charge in [-0.1, -0.05) is 6.92 Å². The van der Waals surface area contributed by atoms with Crippen LogP contribution in [0.3, 0.4) is 0 Å². The number of hydrogen-bond donors (Lipinski definition) is 2. The second-order valence-electron chi connectivity index (χ2n) is 4.02. The highest BCUT2D eigenvalue weighted by atomic mass is 32.2. The summed E-state index contributed by atoms with van der Waals surface area (Å²) in [5, 5.41) is 12.8. The van der Waals surface area contributed by atoms with E-state index in [0.717, 1.165) is 28.8 Å². The Bertz CT molecular complexity index is 746. The van der Waals surface area contributed by atoms with Gasteiger partial charge in [0.15, 0.2) is 5.82 Å². The summed E-state index contributed by atoms with van der Waals surface area (Å²) in [5.41, 5.74) is -0.191. The molecule has 2 N–H and O–H groups in total. The third kappa shape index (κ3) is 2.68. The Labute approximate surface area is 119 Å². The number of carboxylic acid groups (broad SMARTS) is 1. The highest BCUT2D eigenvalue weighted by Gasteiger charge is 2.23. The van der Waals surface area contributed by atoms with Gasteiger partial charge in [0.05, 0.1) is 6.20 Å². The maximum absolute atomic E-state index is 12.2. The molecule has 0 saturated heterocycles. The molecule has 2 heterocycles. The van der Waals surface area contributed by atoms with E-state index in [4.69, 9.17) is 5.11 Å². The van der Waals surface area contributed by atoms with Crippen molar-refractivity contribution in [1.29, 1.82) is 0 Å². The molecule has 0 unspecified atom stereocenters. The van der Waals surface area contributed by atoms with Gasteiger partial charge >= 0.3 is 5.97 Å². The van der Waals surface area contributed by atoms with Crippen molar-refractivity contribution >= 4 is 33.1 Å². The molecule has 0 amide bonds. The lowest BCUT2D eigenvalue weighted by molar-refractivity contribution is 0.0698. The fourth-order valence-electron chi connectivity index (χ4n) is 1.59. The zero-order valence-corrected chi connectivity index (χ0v) is 12.5. The minimum atomic E-state index is -3.81. The van der Waals surface area contributed by atoms with Gasteiger partial charge in [-0.25, -0.2) is 13.2 Å². The van der Waals surface area contributed by atoms with Crippen LogP contribution in [0.5, 0.6) is 0 Å². The summed E-state index contributed by atoms with van der Waals surface area (Å²) >= 11 is 1.15. The molecule has 0 spiro atoms. The number of carbonyl (C=O) groups is 1. The van der Waals surface area contributed by atoms with Crippen LogP contribution in [0.1, 0.15) is 22.2 Å². The van der Waals surface area contributed by atoms with Crippen LogP contribution < -0.4 is 4.72 Å². The average Bonchev–Trinajstić information content (AvgIpc) is 2.97. The smallest absolute Gasteiger partial charge is 0.341 e. The van der Waals surface area contributed by atoms with E-state index in [1.807, 2.05) is 6.92 Å². The molecule has 0 aliphatic carbocycles. The number of thiophene rings is 1. The van der Waals surface area contributed by atoms with Gasteiger partial charge in [-0.05, 0) is 18.6 Å². The molecule has 2 aromatic rings. The van der Waals surface area contributed by atoms with Crippen LogP contribution >= 0.6 is 11.3 Å². The van der Waals surface area contributed by atoms with Crippen molar-refractivity contribution in [2.75, 3.05) is 4.72 Å². The topological polar surface area (TPSA) is 101 Å². The van der Waals surface area contributed by atoms with E-state index in [1.165, 1.54) is 17.8 Å². The van der Waals surface area contributed by atoms with Crippen LogP contribution in [0.4, 0.5) is 5.82 Å². The van der Waals surface area contributed by atoms with Crippen molar-refractivity contribution in [3.8, 4) is 0 Å². The van der Waals surface area contributed by atoms with Crippen molar-refractivity contribution in [2.24, 2.45) is 7.05 Å². The third-order valence-electron chi connectivity index (χ3n) is 2.65. The minimum Gasteiger partial charge on any atom is -0.477 e. The molecule has 2 rings (SSSR count). The minimum absolute atomic E-state index is 0.0658. The van der Waals surface area contributed by atoms with Gasteiger partial charge in [0, 0.05) is 11.9 Å². The van der Waals surface area contributed by atoms with Crippen molar-refractivity contribution in [2.45, 2.75) is 17.6 Å². The first-order valence-electron chi connectivity index (χ1n) is 5.72. The predicted molar refractivity (Wildman–Crippen MR) is 74.7 cm³/mol. The molecule has 0 aliphatic rings. The summed E-state index contributed by atoms with van der Waals surface area (Å²) in [6.45, 7) is 1.93. The average molecular weight is 315 g/mol. The second-order valence-corrected chi connectivity index (χ2v) is 7.09. The molecule has 0 aromatic carbocycles. The summed E-state index contributed by atoms with van der Waals surface area (Å²) in [6.07, 6.45) is 1.85. The first-order valence-corrected chi connectivity index (χ1v) is 8.02. The Balaban J connectivity index is 2.38. The van der Waals surface area contributed by atoms with Gasteiger partial charge in [0.2, 0.25) is 0 Å². The molecule has 108 valence electrons. The third-order valence-corrected chi connectivity index (χ3v) is 5.71. The molecule has 20 heavy (non-hydrogen) atoms. The molecule has 0 fully saturated rings. The molecule has 0 atom stereocenters. The Morgan fingerprint density at radius 2 is 2.20 bits per heavy atom. The molecule has 0 aliphatic heterocycles. The summed E-state index contributed by atoms with van der Waals surface area (Å²) in [4.78, 5) is 12.0. The van der Waals surface area contributed by atoms with Gasteiger partial charge in [-0.15, -0.1) is 11.3 Å². The van der Waals surface area contributed by atoms with Gasteiger partial charge in [0.1, 0.15) is 9.77 Å². The number of aromatic nitrogens is 2. The Morgan fingerprint density at radius 3 is 2.75 bits per heavy atom. The van der Waals surface area contributed by atoms with Crippen LogP contribution in [0.25, 0.3) is 0 Å². The lowest BCUT2D eigenvalue weighted by Crippen LogP contribution is -2.16. The maximum Gasteiger partial charge on any atom is 0.341 e. The van der Waals surface area contributed by atoms with E-state index in [9.17, 15) is 13.2 Å². The summed E-state index contributed by atoms with van der Waals surface area (Å²) < 4.78 is 28.0. The molecular formula is C11H13N3O4S2. The number of aryl methyl sites for hydroxylation is 2. The van der Waals surface area contributed by atoms with Crippen molar-refractivity contribution in [3.63, 3.8) is 0 Å². The monoisotopic (exact) mass is 315 g/mol. The number of aromatic carboxylic acids is 1. The number of nitrogens with zero attached hydrogens (tertiary/aromatic N) is 2. The molecule has 0 radical (unpaired) electrons. The van der Waals surface area contributed by atoms with Crippen molar-refractivity contribution < 1.29 is 18.3 Å². The predicted octanol–water partition coefficient (Wildman–Crippen LogP) is 1.54. The molecule has 7 nitrogen and oxygen atoms in total. The second kappa shape index (κ2) is 5.25. The fourth-order valence-corrected chi connectivity index (χ4v) is 3.99. The van der Waals surface area contributed by atoms with Gasteiger partial charge in [-0.3, -0.25) is 9.40 Å². The van der Waals surface area contributed by atoms with Gasteiger partial charge in [0.25, 0.3) is 10.0 Å². The Hall–Kier alpha value is -1.87. The number of anilines is 1. The molecule has 0 saturated carbocycles. The van der Waals surface area contributed by atoms with Gasteiger partial charge < -0.3 is 5.11 Å². The zero-order valence-electron chi connectivity index (χ0n) is 10.8. The SMILES string of the molecule is CCc1ccc(S(=O)(=O)Nc2c(C(=O)O)cnn2C)s1. The summed E-state index contributed by atoms with van der Waals surface area (Å²) in [7, 11) is -2.34. The number of carboxylic acids is 1. The number of nitrogens with one attached hydrogen (secondary N) is 1.